The highest BCUT2D eigenvalue weighted by Gasteiger charge is 2.16. The highest BCUT2D eigenvalue weighted by Crippen LogP contribution is 2.33. The van der Waals surface area contributed by atoms with Gasteiger partial charge in [0.2, 0.25) is 0 Å². The third-order valence-corrected chi connectivity index (χ3v) is 2.94. The number of furan rings is 2. The minimum atomic E-state index is 0.422. The number of rotatable bonds is 2. The lowest BCUT2D eigenvalue weighted by Crippen LogP contribution is -2.02. The molecule has 0 atom stereocenters. The van der Waals surface area contributed by atoms with E-state index in [0.717, 1.165) is 33.1 Å². The highest BCUT2D eigenvalue weighted by molar-refractivity contribution is 6.01. The Morgan fingerprint density at radius 1 is 0.812 bits per heavy atom. The van der Waals surface area contributed by atoms with Crippen LogP contribution in [0.25, 0.3) is 21.9 Å². The van der Waals surface area contributed by atoms with Crippen LogP contribution in [0.15, 0.2) is 33.5 Å². The van der Waals surface area contributed by atoms with Crippen LogP contribution < -0.4 is 11.5 Å². The average Bonchev–Trinajstić information content (AvgIpc) is 2.93. The number of hydrogen-bond acceptors (Lipinski definition) is 4. The van der Waals surface area contributed by atoms with Crippen LogP contribution in [0.5, 0.6) is 0 Å². The zero-order valence-electron chi connectivity index (χ0n) is 8.69. The summed E-state index contributed by atoms with van der Waals surface area (Å²) in [6, 6.07) is 3.80. The van der Waals surface area contributed by atoms with Gasteiger partial charge in [-0.1, -0.05) is 0 Å². The second-order valence-corrected chi connectivity index (χ2v) is 3.69. The van der Waals surface area contributed by atoms with E-state index in [0.29, 0.717) is 13.1 Å². The molecule has 3 rings (SSSR count). The first kappa shape index (κ1) is 9.45. The van der Waals surface area contributed by atoms with Crippen molar-refractivity contribution in [2.75, 3.05) is 0 Å². The monoisotopic (exact) mass is 216 g/mol. The fraction of sp³-hybridized carbons (Fsp3) is 0.167. The molecule has 4 N–H and O–H groups in total. The molecule has 0 saturated carbocycles. The van der Waals surface area contributed by atoms with Crippen LogP contribution in [0.1, 0.15) is 11.1 Å². The van der Waals surface area contributed by atoms with Gasteiger partial charge < -0.3 is 20.3 Å². The van der Waals surface area contributed by atoms with Gasteiger partial charge in [-0.15, -0.1) is 0 Å². The van der Waals surface area contributed by atoms with Gasteiger partial charge in [-0.25, -0.2) is 0 Å². The molecule has 0 saturated heterocycles. The summed E-state index contributed by atoms with van der Waals surface area (Å²) in [5.41, 5.74) is 15.1. The summed E-state index contributed by atoms with van der Waals surface area (Å²) >= 11 is 0. The van der Waals surface area contributed by atoms with Crippen LogP contribution >= 0.6 is 0 Å². The van der Waals surface area contributed by atoms with Gasteiger partial charge in [0.1, 0.15) is 11.2 Å². The second kappa shape index (κ2) is 3.37. The Balaban J connectivity index is 2.59. The van der Waals surface area contributed by atoms with Gasteiger partial charge >= 0.3 is 0 Å². The molecule has 0 aliphatic carbocycles. The highest BCUT2D eigenvalue weighted by atomic mass is 16.3. The Kier molecular flexibility index (Phi) is 1.99. The Morgan fingerprint density at radius 2 is 1.25 bits per heavy atom. The summed E-state index contributed by atoms with van der Waals surface area (Å²) in [5, 5.41) is 1.98. The summed E-state index contributed by atoms with van der Waals surface area (Å²) in [5.74, 6) is 0. The minimum absolute atomic E-state index is 0.422. The Labute approximate surface area is 91.8 Å². The molecule has 2 aromatic heterocycles. The molecule has 0 aliphatic rings. The van der Waals surface area contributed by atoms with Gasteiger partial charge in [0, 0.05) is 35.0 Å². The van der Waals surface area contributed by atoms with Gasteiger partial charge in [-0.3, -0.25) is 0 Å². The lowest BCUT2D eigenvalue weighted by Gasteiger charge is -2.05. The van der Waals surface area contributed by atoms with E-state index in [1.807, 2.05) is 12.1 Å². The first-order valence-electron chi connectivity index (χ1n) is 5.15. The van der Waals surface area contributed by atoms with Crippen molar-refractivity contribution in [1.82, 2.24) is 0 Å². The molecule has 4 nitrogen and oxygen atoms in total. The van der Waals surface area contributed by atoms with Gasteiger partial charge in [0.25, 0.3) is 0 Å². The Hall–Kier alpha value is -1.78. The maximum Gasteiger partial charge on any atom is 0.139 e. The van der Waals surface area contributed by atoms with E-state index in [1.165, 1.54) is 0 Å². The summed E-state index contributed by atoms with van der Waals surface area (Å²) in [6.07, 6.45) is 3.31. The molecular formula is C12H12N2O2. The van der Waals surface area contributed by atoms with E-state index < -0.39 is 0 Å². The first-order chi connectivity index (χ1) is 7.86. The number of nitrogens with two attached hydrogens (primary N) is 2. The summed E-state index contributed by atoms with van der Waals surface area (Å²) in [7, 11) is 0. The fourth-order valence-corrected chi connectivity index (χ4v) is 2.21. The molecule has 0 aliphatic heterocycles. The van der Waals surface area contributed by atoms with E-state index >= 15 is 0 Å². The molecule has 0 fully saturated rings. The molecule has 0 unspecified atom stereocenters. The molecule has 16 heavy (non-hydrogen) atoms. The van der Waals surface area contributed by atoms with E-state index in [2.05, 4.69) is 0 Å². The van der Waals surface area contributed by atoms with Gasteiger partial charge in [-0.05, 0) is 12.1 Å². The van der Waals surface area contributed by atoms with Crippen molar-refractivity contribution in [1.29, 1.82) is 0 Å². The fourth-order valence-electron chi connectivity index (χ4n) is 2.21. The molecular weight excluding hydrogens is 204 g/mol. The zero-order valence-corrected chi connectivity index (χ0v) is 8.69. The lowest BCUT2D eigenvalue weighted by atomic mass is 10.0. The number of benzene rings is 1. The van der Waals surface area contributed by atoms with Crippen molar-refractivity contribution in [3.8, 4) is 0 Å². The largest absolute Gasteiger partial charge is 0.464 e. The van der Waals surface area contributed by atoms with Gasteiger partial charge in [0.05, 0.1) is 12.5 Å². The van der Waals surface area contributed by atoms with E-state index in [-0.39, 0.29) is 0 Å². The van der Waals surface area contributed by atoms with Gasteiger partial charge in [0.15, 0.2) is 0 Å². The van der Waals surface area contributed by atoms with Crippen molar-refractivity contribution in [2.24, 2.45) is 11.5 Å². The molecule has 2 heterocycles. The molecule has 4 heteroatoms. The van der Waals surface area contributed by atoms with Gasteiger partial charge in [-0.2, -0.15) is 0 Å². The quantitative estimate of drug-likeness (QED) is 0.687. The van der Waals surface area contributed by atoms with Crippen LogP contribution in [0, 0.1) is 0 Å². The SMILES string of the molecule is NCc1c2ccoc2c(CN)c2ccoc12. The van der Waals surface area contributed by atoms with Crippen LogP contribution in [-0.4, -0.2) is 0 Å². The molecule has 82 valence electrons. The van der Waals surface area contributed by atoms with Crippen molar-refractivity contribution >= 4 is 21.9 Å². The number of hydrogen-bond donors (Lipinski definition) is 2. The Bertz CT molecular complexity index is 547. The minimum Gasteiger partial charge on any atom is -0.464 e. The Morgan fingerprint density at radius 3 is 1.62 bits per heavy atom. The van der Waals surface area contributed by atoms with E-state index in [4.69, 9.17) is 20.3 Å². The smallest absolute Gasteiger partial charge is 0.139 e. The molecule has 0 bridgehead atoms. The standard InChI is InChI=1S/C12H12N2O2/c13-5-9-7-1-3-15-11(7)10(6-14)8-2-4-16-12(8)9/h1-4H,5-6,13-14H2. The summed E-state index contributed by atoms with van der Waals surface area (Å²) in [6.45, 7) is 0.843. The van der Waals surface area contributed by atoms with Crippen molar-refractivity contribution < 1.29 is 8.83 Å². The first-order valence-corrected chi connectivity index (χ1v) is 5.15. The summed E-state index contributed by atoms with van der Waals surface area (Å²) < 4.78 is 11.0. The molecule has 3 aromatic rings. The maximum atomic E-state index is 5.76. The maximum absolute atomic E-state index is 5.76. The normalized spacial score (nSPS) is 11.6. The van der Waals surface area contributed by atoms with E-state index in [1.54, 1.807) is 12.5 Å². The van der Waals surface area contributed by atoms with Crippen LogP contribution in [0.4, 0.5) is 0 Å². The summed E-state index contributed by atoms with van der Waals surface area (Å²) in [4.78, 5) is 0. The van der Waals surface area contributed by atoms with Crippen molar-refractivity contribution in [3.63, 3.8) is 0 Å². The lowest BCUT2D eigenvalue weighted by molar-refractivity contribution is 0.606. The van der Waals surface area contributed by atoms with E-state index in [9.17, 15) is 0 Å². The van der Waals surface area contributed by atoms with Crippen LogP contribution in [0.2, 0.25) is 0 Å². The number of fused-ring (bicyclic) bond motifs is 2. The molecule has 1 aromatic carbocycles. The van der Waals surface area contributed by atoms with Crippen LogP contribution in [-0.2, 0) is 13.1 Å². The zero-order chi connectivity index (χ0) is 11.1. The third-order valence-electron chi connectivity index (χ3n) is 2.94. The predicted octanol–water partition coefficient (Wildman–Crippen LogP) is 2.10. The van der Waals surface area contributed by atoms with Crippen molar-refractivity contribution in [3.05, 3.63) is 35.8 Å². The molecule has 0 spiro atoms. The predicted molar refractivity (Wildman–Crippen MR) is 61.8 cm³/mol. The average molecular weight is 216 g/mol. The molecule has 0 radical (unpaired) electrons. The topological polar surface area (TPSA) is 78.3 Å². The molecule has 0 amide bonds. The van der Waals surface area contributed by atoms with Crippen LogP contribution in [0.3, 0.4) is 0 Å². The second-order valence-electron chi connectivity index (χ2n) is 3.69. The van der Waals surface area contributed by atoms with Crippen molar-refractivity contribution in [2.45, 2.75) is 13.1 Å². The third kappa shape index (κ3) is 1.05.